The summed E-state index contributed by atoms with van der Waals surface area (Å²) in [6.07, 6.45) is -0.809. The van der Waals surface area contributed by atoms with Gasteiger partial charge in [0.15, 0.2) is 0 Å². The highest BCUT2D eigenvalue weighted by Gasteiger charge is 2.18. The molecule has 0 aliphatic rings. The van der Waals surface area contributed by atoms with Crippen LogP contribution in [0.2, 0.25) is 0 Å². The summed E-state index contributed by atoms with van der Waals surface area (Å²) in [5, 5.41) is 11.4. The lowest BCUT2D eigenvalue weighted by atomic mass is 10.2. The van der Waals surface area contributed by atoms with Crippen LogP contribution in [0.25, 0.3) is 0 Å². The Kier molecular flexibility index (Phi) is 5.31. The average molecular weight is 415 g/mol. The summed E-state index contributed by atoms with van der Waals surface area (Å²) in [4.78, 5) is 22.9. The number of carboxylic acid groups (broad SMARTS) is 1. The van der Waals surface area contributed by atoms with Gasteiger partial charge in [0, 0.05) is 3.57 Å². The van der Waals surface area contributed by atoms with Crippen LogP contribution in [-0.2, 0) is 11.3 Å². The molecule has 22 heavy (non-hydrogen) atoms. The van der Waals surface area contributed by atoms with Crippen molar-refractivity contribution < 1.29 is 23.8 Å². The van der Waals surface area contributed by atoms with Gasteiger partial charge < -0.3 is 9.84 Å². The number of carbonyl (C=O) groups excluding carboxylic acids is 1. The molecule has 0 spiro atoms. The first-order valence-electron chi connectivity index (χ1n) is 6.17. The minimum absolute atomic E-state index is 0.00700. The van der Waals surface area contributed by atoms with Crippen molar-refractivity contribution >= 4 is 40.3 Å². The number of carboxylic acids is 1. The van der Waals surface area contributed by atoms with E-state index in [1.165, 1.54) is 0 Å². The lowest BCUT2D eigenvalue weighted by Crippen LogP contribution is -2.17. The molecule has 0 saturated heterocycles. The molecule has 2 N–H and O–H groups in total. The molecule has 7 heteroatoms. The maximum Gasteiger partial charge on any atom is 0.412 e. The van der Waals surface area contributed by atoms with Gasteiger partial charge in [0.1, 0.15) is 12.4 Å². The van der Waals surface area contributed by atoms with Gasteiger partial charge in [-0.25, -0.2) is 14.0 Å². The normalized spacial score (nSPS) is 10.1. The van der Waals surface area contributed by atoms with Gasteiger partial charge in [0.2, 0.25) is 0 Å². The Morgan fingerprint density at radius 2 is 1.91 bits per heavy atom. The molecule has 0 atom stereocenters. The van der Waals surface area contributed by atoms with E-state index in [9.17, 15) is 14.0 Å². The third-order valence-corrected chi connectivity index (χ3v) is 3.58. The zero-order chi connectivity index (χ0) is 16.1. The number of ether oxygens (including phenoxy) is 1. The number of nitrogens with one attached hydrogen (secondary N) is 1. The summed E-state index contributed by atoms with van der Waals surface area (Å²) >= 11 is 1.74. The summed E-state index contributed by atoms with van der Waals surface area (Å²) in [5.74, 6) is -2.03. The number of rotatable bonds is 4. The number of anilines is 1. The first kappa shape index (κ1) is 16.2. The fraction of sp³-hybridized carbons (Fsp3) is 0.0667. The molecule has 2 aromatic carbocycles. The van der Waals surface area contributed by atoms with Crippen molar-refractivity contribution in [2.45, 2.75) is 6.61 Å². The Morgan fingerprint density at radius 1 is 1.23 bits per heavy atom. The highest BCUT2D eigenvalue weighted by atomic mass is 127. The second kappa shape index (κ2) is 7.21. The molecule has 0 heterocycles. The van der Waals surface area contributed by atoms with Crippen LogP contribution in [0.4, 0.5) is 14.9 Å². The first-order chi connectivity index (χ1) is 10.5. The van der Waals surface area contributed by atoms with E-state index >= 15 is 0 Å². The molecule has 0 saturated carbocycles. The van der Waals surface area contributed by atoms with Crippen LogP contribution in [0.15, 0.2) is 42.5 Å². The highest BCUT2D eigenvalue weighted by molar-refractivity contribution is 14.1. The molecular weight excluding hydrogens is 404 g/mol. The van der Waals surface area contributed by atoms with Crippen LogP contribution in [0, 0.1) is 9.39 Å². The topological polar surface area (TPSA) is 75.6 Å². The highest BCUT2D eigenvalue weighted by Crippen LogP contribution is 2.25. The lowest BCUT2D eigenvalue weighted by Gasteiger charge is -2.11. The molecule has 114 valence electrons. The van der Waals surface area contributed by atoms with Crippen LogP contribution in [0.1, 0.15) is 15.9 Å². The largest absolute Gasteiger partial charge is 0.478 e. The predicted octanol–water partition coefficient (Wildman–Crippen LogP) is 3.88. The quantitative estimate of drug-likeness (QED) is 0.744. The SMILES string of the molecule is O=C(Nc1c(I)cc(F)cc1C(=O)O)OCc1ccccc1. The predicted molar refractivity (Wildman–Crippen MR) is 86.3 cm³/mol. The van der Waals surface area contributed by atoms with Crippen LogP contribution in [0.3, 0.4) is 0 Å². The summed E-state index contributed by atoms with van der Waals surface area (Å²) in [6, 6.07) is 11.0. The summed E-state index contributed by atoms with van der Waals surface area (Å²) in [5.41, 5.74) is 0.471. The number of hydrogen-bond donors (Lipinski definition) is 2. The van der Waals surface area contributed by atoms with Crippen LogP contribution < -0.4 is 5.32 Å². The van der Waals surface area contributed by atoms with Crippen molar-refractivity contribution in [2.75, 3.05) is 5.32 Å². The molecule has 2 rings (SSSR count). The molecule has 1 amide bonds. The third-order valence-electron chi connectivity index (χ3n) is 2.73. The maximum absolute atomic E-state index is 13.3. The number of benzene rings is 2. The zero-order valence-electron chi connectivity index (χ0n) is 11.2. The molecule has 0 aromatic heterocycles. The number of halogens is 2. The second-order valence-corrected chi connectivity index (χ2v) is 5.46. The molecule has 0 bridgehead atoms. The molecule has 0 aliphatic carbocycles. The number of aromatic carboxylic acids is 1. The Hall–Kier alpha value is -2.16. The lowest BCUT2D eigenvalue weighted by molar-refractivity contribution is 0.0697. The molecule has 0 unspecified atom stereocenters. The van der Waals surface area contributed by atoms with Crippen molar-refractivity contribution in [1.29, 1.82) is 0 Å². The molecule has 5 nitrogen and oxygen atoms in total. The van der Waals surface area contributed by atoms with E-state index in [0.717, 1.165) is 17.7 Å². The Bertz CT molecular complexity index is 706. The Morgan fingerprint density at radius 3 is 2.55 bits per heavy atom. The van der Waals surface area contributed by atoms with Gasteiger partial charge in [-0.05, 0) is 40.3 Å². The molecule has 0 aliphatic heterocycles. The van der Waals surface area contributed by atoms with Gasteiger partial charge in [-0.2, -0.15) is 0 Å². The number of hydrogen-bond acceptors (Lipinski definition) is 3. The second-order valence-electron chi connectivity index (χ2n) is 4.30. The van der Waals surface area contributed by atoms with Gasteiger partial charge in [-0.3, -0.25) is 5.32 Å². The van der Waals surface area contributed by atoms with E-state index in [0.29, 0.717) is 0 Å². The van der Waals surface area contributed by atoms with E-state index in [-0.39, 0.29) is 21.4 Å². The smallest absolute Gasteiger partial charge is 0.412 e. The minimum Gasteiger partial charge on any atom is -0.478 e. The van der Waals surface area contributed by atoms with Crippen molar-refractivity contribution in [3.8, 4) is 0 Å². The summed E-state index contributed by atoms with van der Waals surface area (Å²) < 4.78 is 18.5. The molecule has 0 radical (unpaired) electrons. The van der Waals surface area contributed by atoms with Gasteiger partial charge in [-0.15, -0.1) is 0 Å². The molecule has 2 aromatic rings. The van der Waals surface area contributed by atoms with Gasteiger partial charge in [0.05, 0.1) is 11.3 Å². The van der Waals surface area contributed by atoms with Crippen LogP contribution >= 0.6 is 22.6 Å². The van der Waals surface area contributed by atoms with Crippen molar-refractivity contribution in [2.24, 2.45) is 0 Å². The zero-order valence-corrected chi connectivity index (χ0v) is 13.3. The summed E-state index contributed by atoms with van der Waals surface area (Å²) in [6.45, 7) is 0.0485. The van der Waals surface area contributed by atoms with Crippen molar-refractivity contribution in [3.05, 3.63) is 63.0 Å². The third kappa shape index (κ3) is 4.17. The monoisotopic (exact) mass is 415 g/mol. The van der Waals surface area contributed by atoms with Crippen LogP contribution in [-0.4, -0.2) is 17.2 Å². The Balaban J connectivity index is 2.10. The summed E-state index contributed by atoms with van der Waals surface area (Å²) in [7, 11) is 0. The minimum atomic E-state index is -1.34. The number of carbonyl (C=O) groups is 2. The number of amides is 1. The van der Waals surface area contributed by atoms with E-state index in [1.54, 1.807) is 34.7 Å². The van der Waals surface area contributed by atoms with E-state index in [2.05, 4.69) is 5.32 Å². The van der Waals surface area contributed by atoms with Crippen molar-refractivity contribution in [3.63, 3.8) is 0 Å². The molecular formula is C15H11FINO4. The molecule has 0 fully saturated rings. The Labute approximate surface area is 139 Å². The van der Waals surface area contributed by atoms with E-state index in [4.69, 9.17) is 9.84 Å². The van der Waals surface area contributed by atoms with Crippen LogP contribution in [0.5, 0.6) is 0 Å². The fourth-order valence-corrected chi connectivity index (χ4v) is 2.45. The van der Waals surface area contributed by atoms with E-state index in [1.807, 2.05) is 18.2 Å². The van der Waals surface area contributed by atoms with Gasteiger partial charge in [0.25, 0.3) is 0 Å². The first-order valence-corrected chi connectivity index (χ1v) is 7.25. The fourth-order valence-electron chi connectivity index (χ4n) is 1.73. The van der Waals surface area contributed by atoms with Gasteiger partial charge in [-0.1, -0.05) is 30.3 Å². The van der Waals surface area contributed by atoms with Gasteiger partial charge >= 0.3 is 12.1 Å². The average Bonchev–Trinajstić information content (AvgIpc) is 2.48. The maximum atomic E-state index is 13.3. The van der Waals surface area contributed by atoms with E-state index < -0.39 is 17.9 Å². The van der Waals surface area contributed by atoms with Crippen molar-refractivity contribution in [1.82, 2.24) is 0 Å². The standard InChI is InChI=1S/C15H11FINO4/c16-10-6-11(14(19)20)13(12(17)7-10)18-15(21)22-8-9-4-2-1-3-5-9/h1-7H,8H2,(H,18,21)(H,19,20).